The first-order chi connectivity index (χ1) is 37.1. The fraction of sp³-hybridized carbons (Fsp3) is 0.0294. The van der Waals surface area contributed by atoms with E-state index in [1.165, 1.54) is 0 Å². The number of hydrogen-bond donors (Lipinski definition) is 0. The number of benzene rings is 11. The summed E-state index contributed by atoms with van der Waals surface area (Å²) in [5, 5.41) is 12.6. The monoisotopic (exact) mass is 963 g/mol. The largest absolute Gasteiger partial charge is 0.454 e. The van der Waals surface area contributed by atoms with Crippen molar-refractivity contribution in [2.45, 2.75) is 13.8 Å². The number of rotatable bonds is 6. The summed E-state index contributed by atoms with van der Waals surface area (Å²) in [5.74, 6) is 0. The molecule has 0 aliphatic rings. The van der Waals surface area contributed by atoms with Crippen LogP contribution in [0.4, 0.5) is 34.1 Å². The fourth-order valence-electron chi connectivity index (χ4n) is 12.7. The molecule has 6 heterocycles. The average Bonchev–Trinajstić information content (AvgIpc) is 4.49. The summed E-state index contributed by atoms with van der Waals surface area (Å²) < 4.78 is 30.8. The average molecular weight is 964 g/mol. The Bertz CT molecular complexity index is 4940. The van der Waals surface area contributed by atoms with Gasteiger partial charge in [-0.15, -0.1) is 0 Å². The molecule has 17 rings (SSSR count). The van der Waals surface area contributed by atoms with Gasteiger partial charge in [0.15, 0.2) is 22.3 Å². The predicted octanol–water partition coefficient (Wildman–Crippen LogP) is 20.0. The molecule has 352 valence electrons. The zero-order valence-corrected chi connectivity index (χ0v) is 40.7. The van der Waals surface area contributed by atoms with Gasteiger partial charge in [0.25, 0.3) is 0 Å². The van der Waals surface area contributed by atoms with E-state index < -0.39 is 0 Å². The molecule has 11 aromatic carbocycles. The highest BCUT2D eigenvalue weighted by atomic mass is 16.3. The Balaban J connectivity index is 1.09. The molecule has 6 aromatic heterocycles. The van der Waals surface area contributed by atoms with Gasteiger partial charge in [-0.25, -0.2) is 0 Å². The molecular formula is C68H41N3O4. The quantitative estimate of drug-likeness (QED) is 0.165. The van der Waals surface area contributed by atoms with E-state index in [1.807, 2.05) is 12.1 Å². The lowest BCUT2D eigenvalue weighted by atomic mass is 10.00. The molecule has 0 aliphatic heterocycles. The van der Waals surface area contributed by atoms with Crippen LogP contribution in [-0.2, 0) is 0 Å². The molecule has 0 fully saturated rings. The van der Waals surface area contributed by atoms with Gasteiger partial charge in [-0.2, -0.15) is 0 Å². The summed E-state index contributed by atoms with van der Waals surface area (Å²) in [4.78, 5) is 4.84. The maximum Gasteiger partial charge on any atom is 0.160 e. The van der Waals surface area contributed by atoms with E-state index in [-0.39, 0.29) is 0 Å². The van der Waals surface area contributed by atoms with Gasteiger partial charge in [0.05, 0.1) is 28.3 Å². The van der Waals surface area contributed by atoms with Gasteiger partial charge in [0, 0.05) is 76.0 Å². The Morgan fingerprint density at radius 2 is 0.587 bits per heavy atom. The Kier molecular flexibility index (Phi) is 8.02. The molecule has 7 nitrogen and oxygen atoms in total. The molecule has 0 unspecified atom stereocenters. The smallest absolute Gasteiger partial charge is 0.160 e. The summed E-state index contributed by atoms with van der Waals surface area (Å²) in [7, 11) is 0. The number of para-hydroxylation sites is 9. The number of fused-ring (bicyclic) bond motifs is 20. The van der Waals surface area contributed by atoms with Crippen molar-refractivity contribution in [3.63, 3.8) is 0 Å². The highest BCUT2D eigenvalue weighted by molar-refractivity contribution is 6.36. The molecular weight excluding hydrogens is 923 g/mol. The van der Waals surface area contributed by atoms with Crippen LogP contribution in [0, 0.1) is 13.8 Å². The zero-order valence-electron chi connectivity index (χ0n) is 40.7. The van der Waals surface area contributed by atoms with E-state index in [1.54, 1.807) is 0 Å². The van der Waals surface area contributed by atoms with Crippen molar-refractivity contribution in [2.24, 2.45) is 0 Å². The van der Waals surface area contributed by atoms with Crippen LogP contribution < -0.4 is 9.80 Å². The Labute approximate surface area is 427 Å². The maximum absolute atomic E-state index is 7.22. The predicted molar refractivity (Wildman–Crippen MR) is 309 cm³/mol. The summed E-state index contributed by atoms with van der Waals surface area (Å²) in [6, 6.07) is 75.3. The lowest BCUT2D eigenvalue weighted by Crippen LogP contribution is -2.12. The van der Waals surface area contributed by atoms with Crippen LogP contribution in [0.2, 0.25) is 0 Å². The molecule has 0 aliphatic carbocycles. The number of aromatic nitrogens is 1. The van der Waals surface area contributed by atoms with E-state index in [9.17, 15) is 0 Å². The minimum absolute atomic E-state index is 0.800. The topological polar surface area (TPSA) is 63.5 Å². The van der Waals surface area contributed by atoms with E-state index in [0.29, 0.717) is 0 Å². The summed E-state index contributed by atoms with van der Waals surface area (Å²) in [6.07, 6.45) is 0. The first kappa shape index (κ1) is 40.6. The number of aryl methyl sites for hydroxylation is 2. The Morgan fingerprint density at radius 3 is 1.01 bits per heavy atom. The van der Waals surface area contributed by atoms with Crippen molar-refractivity contribution in [1.82, 2.24) is 4.40 Å². The zero-order chi connectivity index (χ0) is 49.2. The maximum atomic E-state index is 7.22. The first-order valence-corrected chi connectivity index (χ1v) is 25.5. The van der Waals surface area contributed by atoms with Crippen LogP contribution in [0.15, 0.2) is 230 Å². The van der Waals surface area contributed by atoms with Crippen molar-refractivity contribution >= 4 is 160 Å². The van der Waals surface area contributed by atoms with Crippen LogP contribution in [0.1, 0.15) is 11.1 Å². The lowest BCUT2D eigenvalue weighted by Gasteiger charge is -2.28. The van der Waals surface area contributed by atoms with Crippen LogP contribution >= 0.6 is 0 Å². The molecule has 0 atom stereocenters. The van der Waals surface area contributed by atoms with Gasteiger partial charge in [-0.3, -0.25) is 0 Å². The van der Waals surface area contributed by atoms with Gasteiger partial charge in [0.1, 0.15) is 33.4 Å². The number of anilines is 6. The van der Waals surface area contributed by atoms with Crippen molar-refractivity contribution in [3.05, 3.63) is 223 Å². The molecule has 0 saturated heterocycles. The van der Waals surface area contributed by atoms with Gasteiger partial charge < -0.3 is 31.9 Å². The number of furan rings is 4. The Morgan fingerprint density at radius 1 is 0.267 bits per heavy atom. The van der Waals surface area contributed by atoms with Crippen LogP contribution in [0.3, 0.4) is 0 Å². The second kappa shape index (κ2) is 14.8. The standard InChI is InChI=1S/C68H41N3O4/c1-38-18-3-9-28-50(38)69(52-30-16-24-44-40-20-5-11-32-56(40)72-65(44)52)54-36-48-42-22-7-13-34-58(42)74-67(48)63-60(54)46-26-15-27-47-61-55(37-49-43-23-8-14-35-59(43)75-68(49)64(61)71(63)62(46)47)70(51-29-10-4-19-39(51)2)53-31-17-25-45-41-21-6-12-33-57(41)73-66(45)53/h3-37H,1-2H3. The highest BCUT2D eigenvalue weighted by Gasteiger charge is 2.33. The summed E-state index contributed by atoms with van der Waals surface area (Å²) in [6.45, 7) is 4.38. The minimum atomic E-state index is 0.800. The molecule has 0 N–H and O–H groups in total. The molecule has 0 spiro atoms. The third kappa shape index (κ3) is 5.38. The van der Waals surface area contributed by atoms with E-state index in [2.05, 4.69) is 228 Å². The Hall–Kier alpha value is -9.98. The summed E-state index contributed by atoms with van der Waals surface area (Å²) >= 11 is 0. The van der Waals surface area contributed by atoms with Crippen LogP contribution in [0.25, 0.3) is 126 Å². The van der Waals surface area contributed by atoms with Crippen LogP contribution in [-0.4, -0.2) is 4.40 Å². The number of nitrogens with zero attached hydrogens (tertiary/aromatic N) is 3. The van der Waals surface area contributed by atoms with Crippen molar-refractivity contribution in [3.8, 4) is 0 Å². The van der Waals surface area contributed by atoms with Gasteiger partial charge in [0.2, 0.25) is 0 Å². The molecule has 0 amide bonds. The van der Waals surface area contributed by atoms with Crippen LogP contribution in [0.5, 0.6) is 0 Å². The first-order valence-electron chi connectivity index (χ1n) is 25.5. The van der Waals surface area contributed by atoms with Gasteiger partial charge in [-0.05, 0) is 85.6 Å². The second-order valence-electron chi connectivity index (χ2n) is 20.0. The molecule has 0 saturated carbocycles. The third-order valence-corrected chi connectivity index (χ3v) is 15.9. The minimum Gasteiger partial charge on any atom is -0.454 e. The molecule has 0 radical (unpaired) electrons. The third-order valence-electron chi connectivity index (χ3n) is 15.9. The number of hydrogen-bond acceptors (Lipinski definition) is 6. The second-order valence-corrected chi connectivity index (χ2v) is 20.0. The van der Waals surface area contributed by atoms with E-state index in [4.69, 9.17) is 17.7 Å². The van der Waals surface area contributed by atoms with E-state index in [0.717, 1.165) is 171 Å². The van der Waals surface area contributed by atoms with Crippen molar-refractivity contribution in [2.75, 3.05) is 9.80 Å². The van der Waals surface area contributed by atoms with Crippen molar-refractivity contribution < 1.29 is 17.7 Å². The lowest BCUT2D eigenvalue weighted by molar-refractivity contribution is 0.668. The SMILES string of the molecule is Cc1ccccc1N(c1cccc2c1oc1ccccc12)c1cc2c3ccccc3oc2c2c1c1cccc3c4c(N(c5ccccc5C)c5cccc6c5oc5ccccc56)cc5c6ccccc6oc5c4n2c13. The molecule has 75 heavy (non-hydrogen) atoms. The normalized spacial score (nSPS) is 12.4. The van der Waals surface area contributed by atoms with E-state index >= 15 is 0 Å². The molecule has 7 heteroatoms. The van der Waals surface area contributed by atoms with Gasteiger partial charge in [-0.1, -0.05) is 152 Å². The fourth-order valence-corrected chi connectivity index (χ4v) is 12.7. The molecule has 17 aromatic rings. The highest BCUT2D eigenvalue weighted by Crippen LogP contribution is 2.56. The van der Waals surface area contributed by atoms with Crippen molar-refractivity contribution in [1.29, 1.82) is 0 Å². The van der Waals surface area contributed by atoms with Gasteiger partial charge >= 0.3 is 0 Å². The molecule has 0 bridgehead atoms. The summed E-state index contributed by atoms with van der Waals surface area (Å²) in [5.41, 5.74) is 17.8.